The first-order chi connectivity index (χ1) is 8.58. The fourth-order valence-corrected chi connectivity index (χ4v) is 0.843. The smallest absolute Gasteiger partial charge is 0.336 e. The van der Waals surface area contributed by atoms with Gasteiger partial charge in [-0.15, -0.1) is 0 Å². The highest BCUT2D eigenvalue weighted by Gasteiger charge is 2.40. The first-order valence-corrected chi connectivity index (χ1v) is 5.27. The molecule has 0 radical (unpaired) electrons. The quantitative estimate of drug-likeness (QED) is 0.325. The number of carboxylic acid groups (broad SMARTS) is 3. The van der Waals surface area contributed by atoms with Gasteiger partial charge in [0.25, 0.3) is 0 Å². The molecular weight excluding hydrogens is 264 g/mol. The van der Waals surface area contributed by atoms with E-state index in [4.69, 9.17) is 30.6 Å². The molecule has 0 aliphatic carbocycles. The van der Waals surface area contributed by atoms with E-state index >= 15 is 0 Å². The largest absolute Gasteiger partial charge is 0.481 e. The molecule has 1 unspecified atom stereocenters. The molecule has 112 valence electrons. The first-order valence-electron chi connectivity index (χ1n) is 5.27. The lowest BCUT2D eigenvalue weighted by molar-refractivity contribution is -0.170. The van der Waals surface area contributed by atoms with Crippen LogP contribution in [0.25, 0.3) is 0 Å². The van der Waals surface area contributed by atoms with Crippen LogP contribution >= 0.6 is 0 Å². The van der Waals surface area contributed by atoms with Crippen molar-refractivity contribution in [1.82, 2.24) is 0 Å². The summed E-state index contributed by atoms with van der Waals surface area (Å²) in [6, 6.07) is 0. The van der Waals surface area contributed by atoms with Crippen molar-refractivity contribution in [3.05, 3.63) is 0 Å². The second-order valence-corrected chi connectivity index (χ2v) is 3.72. The Balaban J connectivity index is 0. The van der Waals surface area contributed by atoms with Crippen LogP contribution in [-0.2, 0) is 14.4 Å². The van der Waals surface area contributed by atoms with E-state index in [0.29, 0.717) is 6.42 Å². The van der Waals surface area contributed by atoms with Crippen LogP contribution < -0.4 is 0 Å². The zero-order valence-electron chi connectivity index (χ0n) is 10.3. The van der Waals surface area contributed by atoms with Gasteiger partial charge in [0, 0.05) is 0 Å². The van der Waals surface area contributed by atoms with Gasteiger partial charge in [-0.25, -0.2) is 4.79 Å². The molecule has 6 N–H and O–H groups in total. The van der Waals surface area contributed by atoms with Crippen LogP contribution in [0, 0.1) is 0 Å². The standard InChI is InChI=1S/C6H8O7.C4H10O2/c7-3(8)1-6(13,5(11)12)2-4(9)10;1-2-4(6)3-5/h13H,1-2H2,(H,7,8)(H,9,10)(H,11,12);4-6H,2-3H2,1H3. The molecule has 19 heavy (non-hydrogen) atoms. The Bertz CT molecular complexity index is 292. The molecule has 0 aromatic carbocycles. The van der Waals surface area contributed by atoms with Crippen molar-refractivity contribution in [3.8, 4) is 0 Å². The average Bonchev–Trinajstić information content (AvgIpc) is 2.26. The number of hydrogen-bond donors (Lipinski definition) is 6. The highest BCUT2D eigenvalue weighted by atomic mass is 16.4. The fourth-order valence-electron chi connectivity index (χ4n) is 0.843. The fraction of sp³-hybridized carbons (Fsp3) is 0.700. The summed E-state index contributed by atoms with van der Waals surface area (Å²) < 4.78 is 0. The molecular formula is C10H18O9. The summed E-state index contributed by atoms with van der Waals surface area (Å²) in [6.07, 6.45) is -2.16. The van der Waals surface area contributed by atoms with Crippen molar-refractivity contribution in [2.45, 2.75) is 37.9 Å². The van der Waals surface area contributed by atoms with Crippen molar-refractivity contribution >= 4 is 17.9 Å². The van der Waals surface area contributed by atoms with Crippen molar-refractivity contribution in [3.63, 3.8) is 0 Å². The summed E-state index contributed by atoms with van der Waals surface area (Å²) in [5.41, 5.74) is -2.74. The normalized spacial score (nSPS) is 12.0. The maximum Gasteiger partial charge on any atom is 0.336 e. The first kappa shape index (κ1) is 19.6. The number of aliphatic carboxylic acids is 3. The second kappa shape index (κ2) is 9.25. The summed E-state index contributed by atoms with van der Waals surface area (Å²) in [7, 11) is 0. The van der Waals surface area contributed by atoms with E-state index in [-0.39, 0.29) is 6.61 Å². The highest BCUT2D eigenvalue weighted by molar-refractivity contribution is 5.88. The predicted octanol–water partition coefficient (Wildman–Crippen LogP) is -1.50. The van der Waals surface area contributed by atoms with Crippen LogP contribution in [0.2, 0.25) is 0 Å². The minimum atomic E-state index is -2.74. The van der Waals surface area contributed by atoms with E-state index in [2.05, 4.69) is 0 Å². The number of carboxylic acids is 3. The van der Waals surface area contributed by atoms with Gasteiger partial charge in [-0.3, -0.25) is 9.59 Å². The summed E-state index contributed by atoms with van der Waals surface area (Å²) >= 11 is 0. The zero-order chi connectivity index (χ0) is 15.6. The molecule has 0 spiro atoms. The van der Waals surface area contributed by atoms with E-state index < -0.39 is 42.5 Å². The summed E-state index contributed by atoms with van der Waals surface area (Å²) in [4.78, 5) is 30.5. The van der Waals surface area contributed by atoms with E-state index in [1.807, 2.05) is 6.92 Å². The molecule has 0 rings (SSSR count). The number of hydrogen-bond acceptors (Lipinski definition) is 6. The molecule has 0 fully saturated rings. The third-order valence-electron chi connectivity index (χ3n) is 1.97. The Labute approximate surface area is 108 Å². The molecule has 9 heteroatoms. The van der Waals surface area contributed by atoms with Crippen molar-refractivity contribution in [2.24, 2.45) is 0 Å². The molecule has 0 saturated heterocycles. The van der Waals surface area contributed by atoms with Crippen LogP contribution in [-0.4, -0.2) is 66.9 Å². The zero-order valence-corrected chi connectivity index (χ0v) is 10.3. The van der Waals surface area contributed by atoms with Gasteiger partial charge in [-0.05, 0) is 6.42 Å². The molecule has 0 amide bonds. The average molecular weight is 282 g/mol. The lowest BCUT2D eigenvalue weighted by Crippen LogP contribution is -2.42. The lowest BCUT2D eigenvalue weighted by Gasteiger charge is -2.18. The molecule has 0 saturated carbocycles. The van der Waals surface area contributed by atoms with E-state index in [0.717, 1.165) is 0 Å². The Morgan fingerprint density at radius 2 is 1.42 bits per heavy atom. The molecule has 0 bridgehead atoms. The van der Waals surface area contributed by atoms with Crippen LogP contribution in [0.4, 0.5) is 0 Å². The molecule has 1 atom stereocenters. The van der Waals surface area contributed by atoms with Crippen LogP contribution in [0.15, 0.2) is 0 Å². The highest BCUT2D eigenvalue weighted by Crippen LogP contribution is 2.15. The lowest BCUT2D eigenvalue weighted by atomic mass is 9.96. The summed E-state index contributed by atoms with van der Waals surface area (Å²) in [6.45, 7) is 1.71. The number of rotatable bonds is 7. The third-order valence-corrected chi connectivity index (χ3v) is 1.97. The molecule has 0 aliphatic rings. The summed E-state index contributed by atoms with van der Waals surface area (Å²) in [5.74, 6) is -5.02. The van der Waals surface area contributed by atoms with Crippen molar-refractivity contribution < 1.29 is 45.0 Å². The van der Waals surface area contributed by atoms with Gasteiger partial charge >= 0.3 is 17.9 Å². The third kappa shape index (κ3) is 9.94. The molecule has 0 aromatic rings. The van der Waals surface area contributed by atoms with Gasteiger partial charge in [-0.2, -0.15) is 0 Å². The molecule has 0 aromatic heterocycles. The van der Waals surface area contributed by atoms with Gasteiger partial charge in [0.15, 0.2) is 5.60 Å². The molecule has 9 nitrogen and oxygen atoms in total. The van der Waals surface area contributed by atoms with E-state index in [1.165, 1.54) is 0 Å². The van der Waals surface area contributed by atoms with Gasteiger partial charge < -0.3 is 30.6 Å². The predicted molar refractivity (Wildman–Crippen MR) is 60.5 cm³/mol. The second-order valence-electron chi connectivity index (χ2n) is 3.72. The topological polar surface area (TPSA) is 173 Å². The summed E-state index contributed by atoms with van der Waals surface area (Å²) in [5, 5.41) is 50.3. The SMILES string of the molecule is CCC(O)CO.O=C(O)CC(O)(CC(=O)O)C(=O)O. The Morgan fingerprint density at radius 1 is 1.05 bits per heavy atom. The van der Waals surface area contributed by atoms with Gasteiger partial charge in [0.1, 0.15) is 0 Å². The Morgan fingerprint density at radius 3 is 1.53 bits per heavy atom. The van der Waals surface area contributed by atoms with Crippen LogP contribution in [0.3, 0.4) is 0 Å². The van der Waals surface area contributed by atoms with Crippen LogP contribution in [0.5, 0.6) is 0 Å². The number of aliphatic hydroxyl groups excluding tert-OH is 2. The van der Waals surface area contributed by atoms with Crippen molar-refractivity contribution in [1.29, 1.82) is 0 Å². The number of carbonyl (C=O) groups is 3. The monoisotopic (exact) mass is 282 g/mol. The maximum atomic E-state index is 10.3. The minimum absolute atomic E-state index is 0.115. The van der Waals surface area contributed by atoms with Crippen LogP contribution in [0.1, 0.15) is 26.2 Å². The van der Waals surface area contributed by atoms with Gasteiger partial charge in [0.2, 0.25) is 0 Å². The minimum Gasteiger partial charge on any atom is -0.481 e. The Hall–Kier alpha value is -1.71. The Kier molecular flexibility index (Phi) is 9.56. The van der Waals surface area contributed by atoms with Gasteiger partial charge in [0.05, 0.1) is 25.6 Å². The molecule has 0 heterocycles. The van der Waals surface area contributed by atoms with Crippen molar-refractivity contribution in [2.75, 3.05) is 6.61 Å². The molecule has 0 aliphatic heterocycles. The van der Waals surface area contributed by atoms with E-state index in [1.54, 1.807) is 0 Å². The number of aliphatic hydroxyl groups is 3. The van der Waals surface area contributed by atoms with Gasteiger partial charge in [-0.1, -0.05) is 6.92 Å². The maximum absolute atomic E-state index is 10.3. The van der Waals surface area contributed by atoms with E-state index in [9.17, 15) is 14.4 Å².